The Kier molecular flexibility index (Phi) is 3.80. The average Bonchev–Trinajstić information content (AvgIpc) is 3.09. The first kappa shape index (κ1) is 12.9. The third-order valence-corrected chi connectivity index (χ3v) is 3.78. The third-order valence-electron chi connectivity index (χ3n) is 2.64. The van der Waals surface area contributed by atoms with Crippen LogP contribution in [0.4, 0.5) is 0 Å². The van der Waals surface area contributed by atoms with E-state index in [0.29, 0.717) is 11.2 Å². The van der Waals surface area contributed by atoms with Crippen LogP contribution in [0.15, 0.2) is 47.1 Å². The Hall–Kier alpha value is -2.12. The van der Waals surface area contributed by atoms with E-state index < -0.39 is 0 Å². The third kappa shape index (κ3) is 2.89. The molecule has 0 saturated heterocycles. The van der Waals surface area contributed by atoms with E-state index in [2.05, 4.69) is 26.3 Å². The van der Waals surface area contributed by atoms with Gasteiger partial charge in [-0.3, -0.25) is 10.1 Å². The molecular formula is C13H11N5S2. The molecule has 3 heterocycles. The van der Waals surface area contributed by atoms with Crippen LogP contribution in [-0.2, 0) is 6.42 Å². The van der Waals surface area contributed by atoms with Gasteiger partial charge >= 0.3 is 0 Å². The Morgan fingerprint density at radius 3 is 3.10 bits per heavy atom. The predicted molar refractivity (Wildman–Crippen MR) is 81.8 cm³/mol. The Morgan fingerprint density at radius 1 is 1.40 bits per heavy atom. The van der Waals surface area contributed by atoms with Crippen LogP contribution in [0.2, 0.25) is 0 Å². The molecule has 0 amide bonds. The minimum Gasteiger partial charge on any atom is -0.264 e. The maximum atomic E-state index is 5.20. The summed E-state index contributed by atoms with van der Waals surface area (Å²) in [5.74, 6) is 0.789. The van der Waals surface area contributed by atoms with Gasteiger partial charge < -0.3 is 0 Å². The van der Waals surface area contributed by atoms with Gasteiger partial charge in [-0.15, -0.1) is 11.3 Å². The van der Waals surface area contributed by atoms with E-state index in [0.717, 1.165) is 11.4 Å². The number of aromatic amines is 1. The normalized spacial score (nSPS) is 11.2. The van der Waals surface area contributed by atoms with Gasteiger partial charge in [0.2, 0.25) is 4.77 Å². The molecule has 0 saturated carbocycles. The number of pyridine rings is 1. The quantitative estimate of drug-likeness (QED) is 0.595. The lowest BCUT2D eigenvalue weighted by Gasteiger charge is -1.98. The van der Waals surface area contributed by atoms with E-state index in [1.165, 1.54) is 4.88 Å². The lowest BCUT2D eigenvalue weighted by atomic mass is 10.3. The van der Waals surface area contributed by atoms with Crippen molar-refractivity contribution < 1.29 is 0 Å². The number of nitrogens with zero attached hydrogens (tertiary/aromatic N) is 4. The van der Waals surface area contributed by atoms with E-state index in [9.17, 15) is 0 Å². The van der Waals surface area contributed by atoms with Crippen molar-refractivity contribution in [3.63, 3.8) is 0 Å². The van der Waals surface area contributed by atoms with E-state index in [1.807, 2.05) is 23.6 Å². The largest absolute Gasteiger partial charge is 0.264 e. The number of nitrogens with one attached hydrogen (secondary N) is 1. The van der Waals surface area contributed by atoms with Crippen LogP contribution < -0.4 is 0 Å². The molecule has 0 spiro atoms. The predicted octanol–water partition coefficient (Wildman–Crippen LogP) is 2.87. The standard InChI is InChI=1S/C13H11N5S2/c19-13-17-16-12(7-11-4-2-6-20-11)18(13)15-9-10-3-1-5-14-8-10/h1-6,8-9H,7H2,(H,17,19)/b15-9-. The number of hydrogen-bond donors (Lipinski definition) is 1. The number of aromatic nitrogens is 4. The van der Waals surface area contributed by atoms with Crippen molar-refractivity contribution in [3.05, 3.63) is 63.1 Å². The SMILES string of the molecule is S=c1[nH]nc(Cc2cccs2)n1/N=C\c1cccnc1. The summed E-state index contributed by atoms with van der Waals surface area (Å²) in [6.07, 6.45) is 5.89. The Morgan fingerprint density at radius 2 is 2.35 bits per heavy atom. The lowest BCUT2D eigenvalue weighted by Crippen LogP contribution is -1.99. The average molecular weight is 301 g/mol. The summed E-state index contributed by atoms with van der Waals surface area (Å²) < 4.78 is 2.12. The summed E-state index contributed by atoms with van der Waals surface area (Å²) >= 11 is 6.89. The fraction of sp³-hybridized carbons (Fsp3) is 0.0769. The summed E-state index contributed by atoms with van der Waals surface area (Å²) in [5, 5.41) is 13.4. The Labute approximate surface area is 124 Å². The molecule has 100 valence electrons. The second-order valence-corrected chi connectivity index (χ2v) is 5.46. The maximum absolute atomic E-state index is 5.20. The molecule has 3 aromatic rings. The molecule has 0 atom stereocenters. The van der Waals surface area contributed by atoms with Crippen LogP contribution >= 0.6 is 23.6 Å². The van der Waals surface area contributed by atoms with Crippen LogP contribution in [0.1, 0.15) is 16.3 Å². The van der Waals surface area contributed by atoms with Gasteiger partial charge in [0.25, 0.3) is 0 Å². The highest BCUT2D eigenvalue weighted by molar-refractivity contribution is 7.71. The molecular weight excluding hydrogens is 290 g/mol. The molecule has 20 heavy (non-hydrogen) atoms. The second-order valence-electron chi connectivity index (χ2n) is 4.04. The van der Waals surface area contributed by atoms with Crippen LogP contribution in [0.3, 0.4) is 0 Å². The highest BCUT2D eigenvalue weighted by Gasteiger charge is 2.06. The van der Waals surface area contributed by atoms with Crippen LogP contribution in [0, 0.1) is 4.77 Å². The fourth-order valence-electron chi connectivity index (χ4n) is 1.70. The van der Waals surface area contributed by atoms with Crippen molar-refractivity contribution in [2.24, 2.45) is 5.10 Å². The zero-order valence-electron chi connectivity index (χ0n) is 10.4. The molecule has 0 bridgehead atoms. The van der Waals surface area contributed by atoms with Crippen molar-refractivity contribution in [1.82, 2.24) is 19.9 Å². The molecule has 0 aromatic carbocycles. The zero-order chi connectivity index (χ0) is 13.8. The number of thiophene rings is 1. The van der Waals surface area contributed by atoms with Crippen molar-refractivity contribution in [1.29, 1.82) is 0 Å². The van der Waals surface area contributed by atoms with E-state index in [4.69, 9.17) is 12.2 Å². The van der Waals surface area contributed by atoms with E-state index >= 15 is 0 Å². The zero-order valence-corrected chi connectivity index (χ0v) is 12.1. The second kappa shape index (κ2) is 5.89. The summed E-state index contributed by atoms with van der Waals surface area (Å²) in [6.45, 7) is 0. The topological polar surface area (TPSA) is 58.9 Å². The van der Waals surface area contributed by atoms with Gasteiger partial charge in [0, 0.05) is 29.3 Å². The van der Waals surface area contributed by atoms with Gasteiger partial charge in [-0.25, -0.2) is 0 Å². The molecule has 3 aromatic heterocycles. The molecule has 0 aliphatic rings. The minimum absolute atomic E-state index is 0.483. The summed E-state index contributed by atoms with van der Waals surface area (Å²) in [7, 11) is 0. The first-order valence-corrected chi connectivity index (χ1v) is 7.25. The van der Waals surface area contributed by atoms with Gasteiger partial charge in [0.15, 0.2) is 5.82 Å². The van der Waals surface area contributed by atoms with Gasteiger partial charge in [0.05, 0.1) is 6.21 Å². The van der Waals surface area contributed by atoms with Crippen molar-refractivity contribution in [2.45, 2.75) is 6.42 Å². The summed E-state index contributed by atoms with van der Waals surface area (Å²) in [5.41, 5.74) is 0.915. The molecule has 0 unspecified atom stereocenters. The first-order chi connectivity index (χ1) is 9.83. The Balaban J connectivity index is 1.88. The number of hydrogen-bond acceptors (Lipinski definition) is 5. The highest BCUT2D eigenvalue weighted by Crippen LogP contribution is 2.13. The number of H-pyrrole nitrogens is 1. The van der Waals surface area contributed by atoms with Crippen LogP contribution in [0.25, 0.3) is 0 Å². The molecule has 1 N–H and O–H groups in total. The molecule has 7 heteroatoms. The molecule has 0 fully saturated rings. The Bertz CT molecular complexity index is 756. The van der Waals surface area contributed by atoms with Crippen molar-refractivity contribution >= 4 is 29.8 Å². The molecule has 0 aliphatic heterocycles. The van der Waals surface area contributed by atoms with E-state index in [-0.39, 0.29) is 0 Å². The van der Waals surface area contributed by atoms with E-state index in [1.54, 1.807) is 34.6 Å². The summed E-state index contributed by atoms with van der Waals surface area (Å²) in [4.78, 5) is 5.26. The summed E-state index contributed by atoms with van der Waals surface area (Å²) in [6, 6.07) is 7.88. The lowest BCUT2D eigenvalue weighted by molar-refractivity contribution is 0.795. The maximum Gasteiger partial charge on any atom is 0.216 e. The van der Waals surface area contributed by atoms with Gasteiger partial charge in [-0.1, -0.05) is 12.1 Å². The molecule has 0 radical (unpaired) electrons. The highest BCUT2D eigenvalue weighted by atomic mass is 32.1. The van der Waals surface area contributed by atoms with Crippen LogP contribution in [-0.4, -0.2) is 26.1 Å². The van der Waals surface area contributed by atoms with Crippen molar-refractivity contribution in [3.8, 4) is 0 Å². The molecule has 5 nitrogen and oxygen atoms in total. The molecule has 3 rings (SSSR count). The first-order valence-electron chi connectivity index (χ1n) is 5.96. The van der Waals surface area contributed by atoms with Gasteiger partial charge in [-0.2, -0.15) is 14.9 Å². The molecule has 0 aliphatic carbocycles. The number of rotatable bonds is 4. The van der Waals surface area contributed by atoms with Crippen molar-refractivity contribution in [2.75, 3.05) is 0 Å². The van der Waals surface area contributed by atoms with Gasteiger partial charge in [0.1, 0.15) is 0 Å². The smallest absolute Gasteiger partial charge is 0.216 e. The minimum atomic E-state index is 0.483. The monoisotopic (exact) mass is 301 g/mol. The van der Waals surface area contributed by atoms with Crippen LogP contribution in [0.5, 0.6) is 0 Å². The van der Waals surface area contributed by atoms with Gasteiger partial charge in [-0.05, 0) is 29.7 Å². The fourth-order valence-corrected chi connectivity index (χ4v) is 2.60.